The first kappa shape index (κ1) is 22.3. The summed E-state index contributed by atoms with van der Waals surface area (Å²) in [6.45, 7) is 5.75. The SMILES string of the molecule is CCCC(=O)N1CCCC(C(=O)N2CCN(C(=O)CCCc3ccccc3)CC2)C1. The van der Waals surface area contributed by atoms with E-state index in [4.69, 9.17) is 0 Å². The van der Waals surface area contributed by atoms with Gasteiger partial charge in [0.05, 0.1) is 5.92 Å². The molecule has 0 saturated carbocycles. The number of piperazine rings is 1. The normalized spacial score (nSPS) is 19.6. The molecule has 0 spiro atoms. The van der Waals surface area contributed by atoms with Crippen molar-refractivity contribution in [2.45, 2.75) is 51.9 Å². The van der Waals surface area contributed by atoms with E-state index in [9.17, 15) is 14.4 Å². The third-order valence-corrected chi connectivity index (χ3v) is 6.23. The zero-order valence-electron chi connectivity index (χ0n) is 18.2. The van der Waals surface area contributed by atoms with Crippen molar-refractivity contribution in [3.8, 4) is 0 Å². The monoisotopic (exact) mass is 413 g/mol. The lowest BCUT2D eigenvalue weighted by atomic mass is 9.95. The quantitative estimate of drug-likeness (QED) is 0.691. The number of amides is 3. The lowest BCUT2D eigenvalue weighted by Gasteiger charge is -2.39. The molecular weight excluding hydrogens is 378 g/mol. The number of carbonyl (C=O) groups is 3. The number of likely N-dealkylation sites (tertiary alicyclic amines) is 1. The molecule has 2 saturated heterocycles. The van der Waals surface area contributed by atoms with Crippen molar-refractivity contribution in [1.82, 2.24) is 14.7 Å². The van der Waals surface area contributed by atoms with Crippen LogP contribution in [-0.4, -0.2) is 71.7 Å². The minimum Gasteiger partial charge on any atom is -0.342 e. The molecule has 2 aliphatic heterocycles. The van der Waals surface area contributed by atoms with E-state index in [0.717, 1.165) is 38.6 Å². The summed E-state index contributed by atoms with van der Waals surface area (Å²) in [7, 11) is 0. The van der Waals surface area contributed by atoms with Crippen LogP contribution in [0.5, 0.6) is 0 Å². The number of hydrogen-bond acceptors (Lipinski definition) is 3. The third kappa shape index (κ3) is 6.07. The van der Waals surface area contributed by atoms with E-state index in [-0.39, 0.29) is 23.6 Å². The smallest absolute Gasteiger partial charge is 0.227 e. The number of rotatable bonds is 7. The average molecular weight is 414 g/mol. The summed E-state index contributed by atoms with van der Waals surface area (Å²) in [6.07, 6.45) is 5.48. The van der Waals surface area contributed by atoms with Gasteiger partial charge >= 0.3 is 0 Å². The summed E-state index contributed by atoms with van der Waals surface area (Å²) in [5, 5.41) is 0. The van der Waals surface area contributed by atoms with Crippen molar-refractivity contribution in [1.29, 1.82) is 0 Å². The van der Waals surface area contributed by atoms with Crippen LogP contribution >= 0.6 is 0 Å². The topological polar surface area (TPSA) is 60.9 Å². The number of piperidine rings is 1. The molecule has 1 unspecified atom stereocenters. The fourth-order valence-electron chi connectivity index (χ4n) is 4.46. The van der Waals surface area contributed by atoms with Crippen LogP contribution in [0.2, 0.25) is 0 Å². The molecule has 0 bridgehead atoms. The van der Waals surface area contributed by atoms with Gasteiger partial charge < -0.3 is 14.7 Å². The molecule has 1 atom stereocenters. The van der Waals surface area contributed by atoms with Crippen molar-refractivity contribution in [3.63, 3.8) is 0 Å². The van der Waals surface area contributed by atoms with Crippen molar-refractivity contribution in [3.05, 3.63) is 35.9 Å². The summed E-state index contributed by atoms with van der Waals surface area (Å²) >= 11 is 0. The molecule has 0 aromatic heterocycles. The highest BCUT2D eigenvalue weighted by atomic mass is 16.2. The fraction of sp³-hybridized carbons (Fsp3) is 0.625. The van der Waals surface area contributed by atoms with Crippen LogP contribution in [0.15, 0.2) is 30.3 Å². The molecule has 2 aliphatic rings. The highest BCUT2D eigenvalue weighted by Crippen LogP contribution is 2.21. The molecule has 0 radical (unpaired) electrons. The van der Waals surface area contributed by atoms with Crippen LogP contribution in [0.25, 0.3) is 0 Å². The lowest BCUT2D eigenvalue weighted by Crippen LogP contribution is -2.54. The molecule has 3 rings (SSSR count). The zero-order chi connectivity index (χ0) is 21.3. The standard InChI is InChI=1S/C24H35N3O3/c1-2-8-22(28)27-14-7-12-21(19-27)24(30)26-17-15-25(16-18-26)23(29)13-6-11-20-9-4-3-5-10-20/h3-5,9-10,21H,2,6-8,11-19H2,1H3. The molecule has 0 N–H and O–H groups in total. The first-order valence-electron chi connectivity index (χ1n) is 11.5. The van der Waals surface area contributed by atoms with E-state index in [1.54, 1.807) is 0 Å². The maximum atomic E-state index is 13.0. The van der Waals surface area contributed by atoms with Gasteiger partial charge in [-0.2, -0.15) is 0 Å². The van der Waals surface area contributed by atoms with Gasteiger partial charge in [0.1, 0.15) is 0 Å². The predicted octanol–water partition coefficient (Wildman–Crippen LogP) is 2.72. The molecule has 3 amide bonds. The van der Waals surface area contributed by atoms with Crippen molar-refractivity contribution >= 4 is 17.7 Å². The summed E-state index contributed by atoms with van der Waals surface area (Å²) in [6, 6.07) is 10.2. The molecule has 0 aliphatic carbocycles. The summed E-state index contributed by atoms with van der Waals surface area (Å²) in [4.78, 5) is 43.3. The van der Waals surface area contributed by atoms with E-state index >= 15 is 0 Å². The highest BCUT2D eigenvalue weighted by molar-refractivity contribution is 5.82. The van der Waals surface area contributed by atoms with Gasteiger partial charge in [-0.15, -0.1) is 0 Å². The van der Waals surface area contributed by atoms with E-state index < -0.39 is 0 Å². The Balaban J connectivity index is 1.40. The molecule has 30 heavy (non-hydrogen) atoms. The fourth-order valence-corrected chi connectivity index (χ4v) is 4.46. The van der Waals surface area contributed by atoms with E-state index in [0.29, 0.717) is 45.6 Å². The van der Waals surface area contributed by atoms with Crippen LogP contribution in [0.3, 0.4) is 0 Å². The van der Waals surface area contributed by atoms with Gasteiger partial charge in [0.2, 0.25) is 17.7 Å². The molecule has 2 fully saturated rings. The number of aryl methyl sites for hydroxylation is 1. The molecule has 6 heteroatoms. The number of carbonyl (C=O) groups excluding carboxylic acids is 3. The molecule has 2 heterocycles. The summed E-state index contributed by atoms with van der Waals surface area (Å²) in [5.41, 5.74) is 1.26. The molecular formula is C24H35N3O3. The van der Waals surface area contributed by atoms with Crippen LogP contribution < -0.4 is 0 Å². The van der Waals surface area contributed by atoms with Crippen LogP contribution in [0.4, 0.5) is 0 Å². The largest absolute Gasteiger partial charge is 0.342 e. The van der Waals surface area contributed by atoms with Crippen molar-refractivity contribution < 1.29 is 14.4 Å². The Bertz CT molecular complexity index is 714. The second kappa shape index (κ2) is 11.1. The third-order valence-electron chi connectivity index (χ3n) is 6.23. The van der Waals surface area contributed by atoms with Gasteiger partial charge in [-0.05, 0) is 37.7 Å². The predicted molar refractivity (Wildman–Crippen MR) is 117 cm³/mol. The molecule has 1 aromatic carbocycles. The minimum atomic E-state index is -0.0901. The zero-order valence-corrected chi connectivity index (χ0v) is 18.2. The van der Waals surface area contributed by atoms with Gasteiger partial charge in [-0.25, -0.2) is 0 Å². The Morgan fingerprint density at radius 1 is 0.867 bits per heavy atom. The second-order valence-electron chi connectivity index (χ2n) is 8.47. The summed E-state index contributed by atoms with van der Waals surface area (Å²) in [5.74, 6) is 0.417. The maximum Gasteiger partial charge on any atom is 0.227 e. The summed E-state index contributed by atoms with van der Waals surface area (Å²) < 4.78 is 0. The van der Waals surface area contributed by atoms with Gasteiger partial charge in [-0.1, -0.05) is 37.3 Å². The number of nitrogens with zero attached hydrogens (tertiary/aromatic N) is 3. The van der Waals surface area contributed by atoms with E-state index in [1.165, 1.54) is 5.56 Å². The Hall–Kier alpha value is -2.37. The first-order chi connectivity index (χ1) is 14.6. The Kier molecular flexibility index (Phi) is 8.29. The molecule has 1 aromatic rings. The van der Waals surface area contributed by atoms with Crippen LogP contribution in [0, 0.1) is 5.92 Å². The van der Waals surface area contributed by atoms with E-state index in [1.807, 2.05) is 39.8 Å². The van der Waals surface area contributed by atoms with Crippen molar-refractivity contribution in [2.24, 2.45) is 5.92 Å². The highest BCUT2D eigenvalue weighted by Gasteiger charge is 2.32. The Labute approximate surface area is 180 Å². The minimum absolute atomic E-state index is 0.0901. The van der Waals surface area contributed by atoms with Gasteiger partial charge in [0.25, 0.3) is 0 Å². The van der Waals surface area contributed by atoms with Crippen LogP contribution in [-0.2, 0) is 20.8 Å². The van der Waals surface area contributed by atoms with Gasteiger partial charge in [-0.3, -0.25) is 14.4 Å². The van der Waals surface area contributed by atoms with Gasteiger partial charge in [0, 0.05) is 52.1 Å². The Morgan fingerprint density at radius 2 is 1.53 bits per heavy atom. The lowest BCUT2D eigenvalue weighted by molar-refractivity contribution is -0.145. The van der Waals surface area contributed by atoms with Gasteiger partial charge in [0.15, 0.2) is 0 Å². The van der Waals surface area contributed by atoms with Crippen LogP contribution in [0.1, 0.15) is 51.0 Å². The number of benzene rings is 1. The van der Waals surface area contributed by atoms with E-state index in [2.05, 4.69) is 12.1 Å². The number of hydrogen-bond donors (Lipinski definition) is 0. The Morgan fingerprint density at radius 3 is 2.23 bits per heavy atom. The second-order valence-corrected chi connectivity index (χ2v) is 8.47. The average Bonchev–Trinajstić information content (AvgIpc) is 2.79. The first-order valence-corrected chi connectivity index (χ1v) is 11.5. The molecule has 6 nitrogen and oxygen atoms in total. The van der Waals surface area contributed by atoms with Crippen molar-refractivity contribution in [2.75, 3.05) is 39.3 Å². The maximum absolute atomic E-state index is 13.0. The molecule has 164 valence electrons.